The van der Waals surface area contributed by atoms with E-state index in [1.165, 1.54) is 6.92 Å². The highest BCUT2D eigenvalue weighted by Crippen LogP contribution is 2.12. The quantitative estimate of drug-likeness (QED) is 0.578. The summed E-state index contributed by atoms with van der Waals surface area (Å²) in [6, 6.07) is 14.0. The van der Waals surface area contributed by atoms with E-state index in [4.69, 9.17) is 4.74 Å². The fourth-order valence-corrected chi connectivity index (χ4v) is 2.54. The zero-order valence-electron chi connectivity index (χ0n) is 16.1. The van der Waals surface area contributed by atoms with Crippen LogP contribution in [0.15, 0.2) is 48.5 Å². The van der Waals surface area contributed by atoms with Gasteiger partial charge in [-0.15, -0.1) is 0 Å². The van der Waals surface area contributed by atoms with Crippen molar-refractivity contribution in [1.82, 2.24) is 10.6 Å². The molecule has 28 heavy (non-hydrogen) atoms. The molecule has 0 unspecified atom stereocenters. The fraction of sp³-hybridized carbons (Fsp3) is 0.286. The van der Waals surface area contributed by atoms with E-state index in [9.17, 15) is 14.4 Å². The lowest BCUT2D eigenvalue weighted by atomic mass is 10.1. The van der Waals surface area contributed by atoms with Crippen LogP contribution < -0.4 is 20.7 Å². The SMILES string of the molecule is CCOc1ccc(CC(=O)NCCNC(=O)c2cccc(NC(C)=O)c2)cc1. The largest absolute Gasteiger partial charge is 0.494 e. The van der Waals surface area contributed by atoms with E-state index in [2.05, 4.69) is 16.0 Å². The number of amides is 3. The van der Waals surface area contributed by atoms with Gasteiger partial charge in [0.05, 0.1) is 13.0 Å². The molecule has 2 rings (SSSR count). The number of hydrogen-bond donors (Lipinski definition) is 3. The number of hydrogen-bond acceptors (Lipinski definition) is 4. The lowest BCUT2D eigenvalue weighted by Gasteiger charge is -2.09. The summed E-state index contributed by atoms with van der Waals surface area (Å²) in [5.41, 5.74) is 1.88. The topological polar surface area (TPSA) is 96.5 Å². The summed E-state index contributed by atoms with van der Waals surface area (Å²) in [7, 11) is 0. The molecule has 3 N–H and O–H groups in total. The number of carbonyl (C=O) groups is 3. The minimum atomic E-state index is -0.270. The third-order valence-electron chi connectivity index (χ3n) is 3.78. The Labute approximate surface area is 164 Å². The van der Waals surface area contributed by atoms with E-state index in [1.54, 1.807) is 24.3 Å². The zero-order chi connectivity index (χ0) is 20.4. The third kappa shape index (κ3) is 7.11. The third-order valence-corrected chi connectivity index (χ3v) is 3.78. The van der Waals surface area contributed by atoms with Crippen LogP contribution in [0.25, 0.3) is 0 Å². The number of nitrogens with one attached hydrogen (secondary N) is 3. The predicted octanol–water partition coefficient (Wildman–Crippen LogP) is 2.13. The molecule has 0 aliphatic rings. The average molecular weight is 383 g/mol. The molecule has 0 aromatic heterocycles. The van der Waals surface area contributed by atoms with Crippen molar-refractivity contribution in [2.24, 2.45) is 0 Å². The van der Waals surface area contributed by atoms with E-state index < -0.39 is 0 Å². The molecule has 2 aromatic carbocycles. The van der Waals surface area contributed by atoms with Crippen molar-refractivity contribution in [3.8, 4) is 5.75 Å². The van der Waals surface area contributed by atoms with Gasteiger partial charge in [0, 0.05) is 31.3 Å². The highest BCUT2D eigenvalue weighted by Gasteiger charge is 2.07. The highest BCUT2D eigenvalue weighted by molar-refractivity contribution is 5.96. The van der Waals surface area contributed by atoms with Gasteiger partial charge in [-0.2, -0.15) is 0 Å². The molecule has 7 nitrogen and oxygen atoms in total. The summed E-state index contributed by atoms with van der Waals surface area (Å²) in [5, 5.41) is 8.14. The Morgan fingerprint density at radius 1 is 0.964 bits per heavy atom. The Morgan fingerprint density at radius 3 is 2.36 bits per heavy atom. The first-order chi connectivity index (χ1) is 13.5. The van der Waals surface area contributed by atoms with Crippen LogP contribution in [0.1, 0.15) is 29.8 Å². The maximum atomic E-state index is 12.2. The molecule has 0 fully saturated rings. The van der Waals surface area contributed by atoms with Crippen LogP contribution in [0, 0.1) is 0 Å². The fourth-order valence-electron chi connectivity index (χ4n) is 2.54. The molecule has 0 aliphatic carbocycles. The summed E-state index contributed by atoms with van der Waals surface area (Å²) >= 11 is 0. The minimum absolute atomic E-state index is 0.119. The van der Waals surface area contributed by atoms with Crippen LogP contribution >= 0.6 is 0 Å². The van der Waals surface area contributed by atoms with Gasteiger partial charge in [-0.3, -0.25) is 14.4 Å². The zero-order valence-corrected chi connectivity index (χ0v) is 16.1. The van der Waals surface area contributed by atoms with Crippen molar-refractivity contribution in [1.29, 1.82) is 0 Å². The van der Waals surface area contributed by atoms with Crippen molar-refractivity contribution in [2.45, 2.75) is 20.3 Å². The molecular formula is C21H25N3O4. The Bertz CT molecular complexity index is 819. The monoisotopic (exact) mass is 383 g/mol. The molecule has 0 aliphatic heterocycles. The van der Waals surface area contributed by atoms with Crippen molar-refractivity contribution in [3.05, 3.63) is 59.7 Å². The lowest BCUT2D eigenvalue weighted by molar-refractivity contribution is -0.120. The average Bonchev–Trinajstić information content (AvgIpc) is 2.66. The summed E-state index contributed by atoms with van der Waals surface area (Å²) < 4.78 is 5.37. The predicted molar refractivity (Wildman–Crippen MR) is 107 cm³/mol. The van der Waals surface area contributed by atoms with Crippen LogP contribution in [-0.2, 0) is 16.0 Å². The number of anilines is 1. The molecule has 2 aromatic rings. The summed E-state index contributed by atoms with van der Waals surface area (Å²) in [6.45, 7) is 4.55. The Balaban J connectivity index is 1.72. The molecule has 3 amide bonds. The van der Waals surface area contributed by atoms with E-state index in [-0.39, 0.29) is 24.1 Å². The molecule has 0 radical (unpaired) electrons. The first kappa shape index (κ1) is 21.0. The molecule has 0 spiro atoms. The summed E-state index contributed by atoms with van der Waals surface area (Å²) in [5.74, 6) is 0.184. The van der Waals surface area contributed by atoms with Gasteiger partial charge in [0.25, 0.3) is 5.91 Å². The molecule has 7 heteroatoms. The second-order valence-electron chi connectivity index (χ2n) is 6.12. The summed E-state index contributed by atoms with van der Waals surface area (Å²) in [6.07, 6.45) is 0.263. The number of carbonyl (C=O) groups excluding carboxylic acids is 3. The Hall–Kier alpha value is -3.35. The van der Waals surface area contributed by atoms with Crippen molar-refractivity contribution >= 4 is 23.4 Å². The van der Waals surface area contributed by atoms with Crippen LogP contribution in [0.3, 0.4) is 0 Å². The maximum Gasteiger partial charge on any atom is 0.251 e. The second-order valence-corrected chi connectivity index (χ2v) is 6.12. The molecule has 0 bridgehead atoms. The first-order valence-electron chi connectivity index (χ1n) is 9.12. The van der Waals surface area contributed by atoms with Crippen molar-refractivity contribution in [2.75, 3.05) is 25.0 Å². The van der Waals surface area contributed by atoms with Crippen LogP contribution in [-0.4, -0.2) is 37.4 Å². The van der Waals surface area contributed by atoms with Crippen molar-refractivity contribution in [3.63, 3.8) is 0 Å². The highest BCUT2D eigenvalue weighted by atomic mass is 16.5. The maximum absolute atomic E-state index is 12.2. The van der Waals surface area contributed by atoms with Gasteiger partial charge in [0.15, 0.2) is 0 Å². The van der Waals surface area contributed by atoms with Crippen molar-refractivity contribution < 1.29 is 19.1 Å². The van der Waals surface area contributed by atoms with Gasteiger partial charge < -0.3 is 20.7 Å². The Kier molecular flexibility index (Phi) is 8.02. The van der Waals surface area contributed by atoms with Gasteiger partial charge in [0.1, 0.15) is 5.75 Å². The van der Waals surface area contributed by atoms with Gasteiger partial charge in [-0.05, 0) is 42.8 Å². The van der Waals surface area contributed by atoms with E-state index >= 15 is 0 Å². The second kappa shape index (κ2) is 10.7. The molecule has 0 saturated carbocycles. The van der Waals surface area contributed by atoms with Gasteiger partial charge in [0.2, 0.25) is 11.8 Å². The van der Waals surface area contributed by atoms with Gasteiger partial charge in [-0.1, -0.05) is 18.2 Å². The molecule has 0 saturated heterocycles. The smallest absolute Gasteiger partial charge is 0.251 e. The Morgan fingerprint density at radius 2 is 1.68 bits per heavy atom. The molecular weight excluding hydrogens is 358 g/mol. The number of benzene rings is 2. The number of ether oxygens (including phenoxy) is 1. The lowest BCUT2D eigenvalue weighted by Crippen LogP contribution is -2.35. The van der Waals surface area contributed by atoms with Crippen LogP contribution in [0.4, 0.5) is 5.69 Å². The van der Waals surface area contributed by atoms with Gasteiger partial charge >= 0.3 is 0 Å². The van der Waals surface area contributed by atoms with E-state index in [1.807, 2.05) is 31.2 Å². The summed E-state index contributed by atoms with van der Waals surface area (Å²) in [4.78, 5) is 35.2. The molecule has 148 valence electrons. The van der Waals surface area contributed by atoms with Crippen LogP contribution in [0.5, 0.6) is 5.75 Å². The minimum Gasteiger partial charge on any atom is -0.494 e. The molecule has 0 atom stereocenters. The molecule has 0 heterocycles. The van der Waals surface area contributed by atoms with E-state index in [0.29, 0.717) is 30.9 Å². The number of rotatable bonds is 9. The van der Waals surface area contributed by atoms with E-state index in [0.717, 1.165) is 11.3 Å². The van der Waals surface area contributed by atoms with Crippen LogP contribution in [0.2, 0.25) is 0 Å². The van der Waals surface area contributed by atoms with Gasteiger partial charge in [-0.25, -0.2) is 0 Å². The normalized spacial score (nSPS) is 10.1. The first-order valence-corrected chi connectivity index (χ1v) is 9.12. The standard InChI is InChI=1S/C21H25N3O4/c1-3-28-19-9-7-16(8-10-19)13-20(26)22-11-12-23-21(27)17-5-4-6-18(14-17)24-15(2)25/h4-10,14H,3,11-13H2,1-2H3,(H,22,26)(H,23,27)(H,24,25).